The Labute approximate surface area is 170 Å². The summed E-state index contributed by atoms with van der Waals surface area (Å²) in [5.41, 5.74) is 3.37. The lowest BCUT2D eigenvalue weighted by atomic mass is 10.1. The van der Waals surface area contributed by atoms with Gasteiger partial charge in [0.15, 0.2) is 4.91 Å². The van der Waals surface area contributed by atoms with E-state index in [1.165, 1.54) is 10.5 Å². The minimum atomic E-state index is -4.03. The Balaban J connectivity index is 1.79. The lowest BCUT2D eigenvalue weighted by Gasteiger charge is -2.31. The van der Waals surface area contributed by atoms with Crippen LogP contribution in [0.3, 0.4) is 0 Å². The lowest BCUT2D eigenvalue weighted by molar-refractivity contribution is 0.104. The second kappa shape index (κ2) is 7.56. The summed E-state index contributed by atoms with van der Waals surface area (Å²) >= 11 is 0. The van der Waals surface area contributed by atoms with Crippen LogP contribution < -0.4 is 9.62 Å². The van der Waals surface area contributed by atoms with Crippen molar-refractivity contribution in [3.63, 3.8) is 0 Å². The van der Waals surface area contributed by atoms with Crippen molar-refractivity contribution >= 4 is 27.2 Å². The van der Waals surface area contributed by atoms with Crippen molar-refractivity contribution in [1.82, 2.24) is 0 Å². The highest BCUT2D eigenvalue weighted by Gasteiger charge is 2.40. The highest BCUT2D eigenvalue weighted by molar-refractivity contribution is 7.97. The predicted octanol–water partition coefficient (Wildman–Crippen LogP) is 4.48. The van der Waals surface area contributed by atoms with Crippen LogP contribution in [-0.2, 0) is 16.6 Å². The van der Waals surface area contributed by atoms with Crippen LogP contribution in [0.1, 0.15) is 21.5 Å². The van der Waals surface area contributed by atoms with E-state index in [1.54, 1.807) is 36.4 Å². The highest BCUT2D eigenvalue weighted by atomic mass is 32.2. The van der Waals surface area contributed by atoms with E-state index in [0.717, 1.165) is 11.1 Å². The molecule has 0 saturated carbocycles. The zero-order valence-corrected chi connectivity index (χ0v) is 16.7. The number of hydrogen-bond acceptors (Lipinski definition) is 4. The van der Waals surface area contributed by atoms with Crippen LogP contribution in [0.5, 0.6) is 0 Å². The van der Waals surface area contributed by atoms with Crippen molar-refractivity contribution in [3.05, 3.63) is 107 Å². The van der Waals surface area contributed by atoms with Gasteiger partial charge >= 0.3 is 0 Å². The molecule has 1 heterocycles. The highest BCUT2D eigenvalue weighted by Crippen LogP contribution is 2.36. The first kappa shape index (κ1) is 19.0. The molecule has 0 radical (unpaired) electrons. The molecule has 0 unspecified atom stereocenters. The normalized spacial score (nSPS) is 16.5. The van der Waals surface area contributed by atoms with E-state index in [-0.39, 0.29) is 11.4 Å². The average molecular weight is 404 g/mol. The van der Waals surface area contributed by atoms with E-state index in [0.29, 0.717) is 16.9 Å². The second-order valence-corrected chi connectivity index (χ2v) is 8.70. The van der Waals surface area contributed by atoms with Gasteiger partial charge in [-0.15, -0.1) is 0 Å². The molecule has 3 aromatic rings. The number of fused-ring (bicyclic) bond motifs is 1. The van der Waals surface area contributed by atoms with E-state index < -0.39 is 15.8 Å². The Morgan fingerprint density at radius 1 is 0.931 bits per heavy atom. The van der Waals surface area contributed by atoms with Crippen molar-refractivity contribution in [1.29, 1.82) is 0 Å². The number of benzene rings is 3. The number of nitrogens with one attached hydrogen (secondary N) is 1. The third-order valence-electron chi connectivity index (χ3n) is 4.76. The molecule has 29 heavy (non-hydrogen) atoms. The van der Waals surface area contributed by atoms with Gasteiger partial charge in [0.1, 0.15) is 0 Å². The summed E-state index contributed by atoms with van der Waals surface area (Å²) in [6.45, 7) is 2.11. The minimum Gasteiger partial charge on any atom is -0.360 e. The van der Waals surface area contributed by atoms with Crippen molar-refractivity contribution in [3.8, 4) is 0 Å². The van der Waals surface area contributed by atoms with Crippen molar-refractivity contribution in [2.45, 2.75) is 13.5 Å². The van der Waals surface area contributed by atoms with Gasteiger partial charge in [0.25, 0.3) is 10.0 Å². The number of rotatable bonds is 4. The van der Waals surface area contributed by atoms with Crippen LogP contribution >= 0.6 is 0 Å². The van der Waals surface area contributed by atoms with Gasteiger partial charge < -0.3 is 5.32 Å². The largest absolute Gasteiger partial charge is 0.360 e. The quantitative estimate of drug-likeness (QED) is 0.651. The summed E-state index contributed by atoms with van der Waals surface area (Å²) in [5, 5.41) is 2.94. The molecule has 0 bridgehead atoms. The Morgan fingerprint density at radius 2 is 1.66 bits per heavy atom. The number of para-hydroxylation sites is 2. The maximum atomic E-state index is 13.4. The molecule has 1 aliphatic heterocycles. The number of sulfonamides is 1. The van der Waals surface area contributed by atoms with Crippen molar-refractivity contribution in [2.24, 2.45) is 0 Å². The number of aryl methyl sites for hydroxylation is 1. The molecule has 0 spiro atoms. The van der Waals surface area contributed by atoms with Crippen molar-refractivity contribution in [2.75, 3.05) is 9.62 Å². The number of hydrogen-bond donors (Lipinski definition) is 1. The topological polar surface area (TPSA) is 66.5 Å². The molecule has 4 rings (SSSR count). The van der Waals surface area contributed by atoms with Gasteiger partial charge in [-0.1, -0.05) is 60.2 Å². The van der Waals surface area contributed by atoms with Crippen LogP contribution in [0.4, 0.5) is 11.4 Å². The minimum absolute atomic E-state index is 0.150. The van der Waals surface area contributed by atoms with Crippen molar-refractivity contribution < 1.29 is 13.2 Å². The molecule has 1 N–H and O–H groups in total. The van der Waals surface area contributed by atoms with Crippen LogP contribution in [-0.4, -0.2) is 14.2 Å². The van der Waals surface area contributed by atoms with E-state index in [2.05, 4.69) is 5.32 Å². The number of carbonyl (C=O) groups is 1. The summed E-state index contributed by atoms with van der Waals surface area (Å²) in [6.07, 6.45) is 1.28. The number of Topliss-reactive ketones (excluding diaryl/α,β-unsaturated/α-hetero) is 1. The number of ketones is 1. The summed E-state index contributed by atoms with van der Waals surface area (Å²) < 4.78 is 28.1. The number of nitrogens with zero attached hydrogens (tertiary/aromatic N) is 1. The Morgan fingerprint density at radius 3 is 2.41 bits per heavy atom. The summed E-state index contributed by atoms with van der Waals surface area (Å²) in [5.74, 6) is -0.510. The lowest BCUT2D eigenvalue weighted by Crippen LogP contribution is -2.39. The molecule has 6 heteroatoms. The Bertz CT molecular complexity index is 1200. The molecule has 0 aromatic heterocycles. The van der Waals surface area contributed by atoms with E-state index in [1.807, 2.05) is 49.4 Å². The van der Waals surface area contributed by atoms with Gasteiger partial charge in [0.05, 0.1) is 12.2 Å². The Kier molecular flexibility index (Phi) is 4.94. The van der Waals surface area contributed by atoms with Gasteiger partial charge in [-0.3, -0.25) is 9.10 Å². The van der Waals surface area contributed by atoms with Gasteiger partial charge in [-0.05, 0) is 36.8 Å². The summed E-state index contributed by atoms with van der Waals surface area (Å²) in [6, 6.07) is 23.6. The van der Waals surface area contributed by atoms with E-state index >= 15 is 0 Å². The molecule has 0 amide bonds. The molecule has 0 aliphatic carbocycles. The number of carbonyl (C=O) groups excluding carboxylic acids is 1. The first-order valence-corrected chi connectivity index (χ1v) is 10.6. The monoisotopic (exact) mass is 404 g/mol. The first-order valence-electron chi connectivity index (χ1n) is 9.20. The van der Waals surface area contributed by atoms with Crippen LogP contribution in [0.25, 0.3) is 0 Å². The van der Waals surface area contributed by atoms with Crippen LogP contribution in [0.15, 0.2) is 90.0 Å². The molecule has 3 aromatic carbocycles. The number of allylic oxidation sites excluding steroid dienone is 1. The molecular formula is C23H20N2O3S. The molecular weight excluding hydrogens is 384 g/mol. The Hall–Kier alpha value is -3.38. The van der Waals surface area contributed by atoms with E-state index in [4.69, 9.17) is 0 Å². The predicted molar refractivity (Wildman–Crippen MR) is 115 cm³/mol. The zero-order chi connectivity index (χ0) is 20.4. The fourth-order valence-electron chi connectivity index (χ4n) is 3.35. The standard InChI is InChI=1S/C23H20N2O3S/c1-17-8-7-9-18(14-17)16-25-21-13-6-5-12-20(21)23(26)22(29(25,27)28)15-24-19-10-3-2-4-11-19/h2-15,24H,16H2,1H3/b22-15-. The molecule has 0 atom stereocenters. The van der Waals surface area contributed by atoms with Crippen LogP contribution in [0.2, 0.25) is 0 Å². The second-order valence-electron chi connectivity index (χ2n) is 6.87. The van der Waals surface area contributed by atoms with Gasteiger partial charge in [-0.2, -0.15) is 0 Å². The van der Waals surface area contributed by atoms with Gasteiger partial charge in [0.2, 0.25) is 5.78 Å². The summed E-state index contributed by atoms with van der Waals surface area (Å²) in [7, 11) is -4.03. The van der Waals surface area contributed by atoms with Crippen LogP contribution in [0, 0.1) is 6.92 Å². The first-order chi connectivity index (χ1) is 14.0. The smallest absolute Gasteiger partial charge is 0.270 e. The third kappa shape index (κ3) is 3.67. The van der Waals surface area contributed by atoms with Gasteiger partial charge in [0, 0.05) is 17.5 Å². The van der Waals surface area contributed by atoms with E-state index in [9.17, 15) is 13.2 Å². The summed E-state index contributed by atoms with van der Waals surface area (Å²) in [4.78, 5) is 12.7. The maximum absolute atomic E-state index is 13.4. The SMILES string of the molecule is Cc1cccc(CN2c3ccccc3C(=O)/C(=C/Nc3ccccc3)S2(=O)=O)c1. The number of anilines is 2. The third-order valence-corrected chi connectivity index (χ3v) is 6.53. The molecule has 0 fully saturated rings. The average Bonchev–Trinajstić information content (AvgIpc) is 2.72. The molecule has 1 aliphatic rings. The molecule has 0 saturated heterocycles. The fourth-order valence-corrected chi connectivity index (χ4v) is 4.88. The molecule has 146 valence electrons. The molecule has 5 nitrogen and oxygen atoms in total. The zero-order valence-electron chi connectivity index (χ0n) is 15.9. The fraction of sp³-hybridized carbons (Fsp3) is 0.0870. The maximum Gasteiger partial charge on any atom is 0.270 e. The van der Waals surface area contributed by atoms with Gasteiger partial charge in [-0.25, -0.2) is 8.42 Å².